The molecule has 1 fully saturated rings. The van der Waals surface area contributed by atoms with Crippen molar-refractivity contribution in [2.45, 2.75) is 77.6 Å². The summed E-state index contributed by atoms with van der Waals surface area (Å²) in [6.45, 7) is 2.19. The molecule has 0 heteroatoms. The van der Waals surface area contributed by atoms with Crippen molar-refractivity contribution in [3.63, 3.8) is 0 Å². The fourth-order valence-corrected chi connectivity index (χ4v) is 2.59. The minimum absolute atomic E-state index is 1.05. The van der Waals surface area contributed by atoms with Crippen molar-refractivity contribution in [3.8, 4) is 0 Å². The Kier molecular flexibility index (Phi) is 7.17. The average molecular weight is 195 g/mol. The van der Waals surface area contributed by atoms with Gasteiger partial charge in [0.05, 0.1) is 0 Å². The Hall–Kier alpha value is 0. The zero-order valence-corrected chi connectivity index (χ0v) is 9.93. The maximum Gasteiger partial charge on any atom is -0.0414 e. The second kappa shape index (κ2) is 8.32. The van der Waals surface area contributed by atoms with E-state index in [1.54, 1.807) is 0 Å². The van der Waals surface area contributed by atoms with Gasteiger partial charge in [-0.3, -0.25) is 0 Å². The van der Waals surface area contributed by atoms with Crippen LogP contribution in [0.2, 0.25) is 0 Å². The van der Waals surface area contributed by atoms with Crippen molar-refractivity contribution >= 4 is 0 Å². The van der Waals surface area contributed by atoms with Gasteiger partial charge in [0.15, 0.2) is 0 Å². The lowest BCUT2D eigenvalue weighted by Gasteiger charge is -2.17. The van der Waals surface area contributed by atoms with Crippen molar-refractivity contribution in [1.29, 1.82) is 0 Å². The molecule has 0 aromatic carbocycles. The standard InChI is InChI=1S/C14H27/c1-2-3-11-14-12-9-7-5-4-6-8-10-13-14/h2,14H,3-13H2,1H3. The lowest BCUT2D eigenvalue weighted by atomic mass is 9.89. The van der Waals surface area contributed by atoms with Gasteiger partial charge in [-0.2, -0.15) is 0 Å². The van der Waals surface area contributed by atoms with Gasteiger partial charge in [-0.05, 0) is 12.3 Å². The minimum Gasteiger partial charge on any atom is -0.0623 e. The van der Waals surface area contributed by atoms with Gasteiger partial charge in [-0.15, -0.1) is 0 Å². The largest absolute Gasteiger partial charge is 0.0623 e. The fraction of sp³-hybridized carbons (Fsp3) is 0.929. The molecule has 0 atom stereocenters. The number of rotatable bonds is 3. The third-order valence-electron chi connectivity index (χ3n) is 3.59. The van der Waals surface area contributed by atoms with E-state index in [1.165, 1.54) is 70.6 Å². The summed E-state index contributed by atoms with van der Waals surface area (Å²) in [5.74, 6) is 1.05. The molecular formula is C14H27. The van der Waals surface area contributed by atoms with Crippen molar-refractivity contribution < 1.29 is 0 Å². The van der Waals surface area contributed by atoms with Crippen molar-refractivity contribution in [2.24, 2.45) is 5.92 Å². The minimum atomic E-state index is 1.05. The van der Waals surface area contributed by atoms with Crippen LogP contribution in [0, 0.1) is 12.3 Å². The van der Waals surface area contributed by atoms with E-state index >= 15 is 0 Å². The first-order valence-electron chi connectivity index (χ1n) is 6.71. The molecule has 1 rings (SSSR count). The van der Waals surface area contributed by atoms with Gasteiger partial charge >= 0.3 is 0 Å². The lowest BCUT2D eigenvalue weighted by Crippen LogP contribution is -2.02. The monoisotopic (exact) mass is 195 g/mol. The summed E-state index contributed by atoms with van der Waals surface area (Å²) in [6.07, 6.45) is 18.6. The predicted octanol–water partition coefficient (Wildman–Crippen LogP) is 5.13. The second-order valence-corrected chi connectivity index (χ2v) is 4.90. The summed E-state index contributed by atoms with van der Waals surface area (Å²) in [7, 11) is 0. The van der Waals surface area contributed by atoms with Crippen LogP contribution in [-0.2, 0) is 0 Å². The van der Waals surface area contributed by atoms with E-state index in [4.69, 9.17) is 0 Å². The Balaban J connectivity index is 2.16. The number of hydrogen-bond acceptors (Lipinski definition) is 0. The van der Waals surface area contributed by atoms with Crippen LogP contribution in [0.1, 0.15) is 77.6 Å². The van der Waals surface area contributed by atoms with E-state index in [9.17, 15) is 0 Å². The summed E-state index contributed by atoms with van der Waals surface area (Å²) >= 11 is 0. The Morgan fingerprint density at radius 2 is 1.36 bits per heavy atom. The van der Waals surface area contributed by atoms with Gasteiger partial charge in [-0.25, -0.2) is 0 Å². The molecule has 14 heavy (non-hydrogen) atoms. The molecule has 1 radical (unpaired) electrons. The first-order valence-corrected chi connectivity index (χ1v) is 6.71. The molecule has 0 heterocycles. The molecule has 0 spiro atoms. The van der Waals surface area contributed by atoms with Crippen LogP contribution in [0.5, 0.6) is 0 Å². The molecule has 1 aliphatic carbocycles. The van der Waals surface area contributed by atoms with Gasteiger partial charge in [0.2, 0.25) is 0 Å². The van der Waals surface area contributed by atoms with Crippen molar-refractivity contribution in [1.82, 2.24) is 0 Å². The Morgan fingerprint density at radius 1 is 0.857 bits per heavy atom. The summed E-state index contributed by atoms with van der Waals surface area (Å²) in [5.41, 5.74) is 0. The molecule has 0 aromatic rings. The molecule has 0 aromatic heterocycles. The summed E-state index contributed by atoms with van der Waals surface area (Å²) < 4.78 is 0. The van der Waals surface area contributed by atoms with E-state index in [0.717, 1.165) is 5.92 Å². The van der Waals surface area contributed by atoms with E-state index in [-0.39, 0.29) is 0 Å². The van der Waals surface area contributed by atoms with Crippen LogP contribution in [0.25, 0.3) is 0 Å². The molecule has 0 amide bonds. The third-order valence-corrected chi connectivity index (χ3v) is 3.59. The highest BCUT2D eigenvalue weighted by Crippen LogP contribution is 2.25. The predicted molar refractivity (Wildman–Crippen MR) is 64.3 cm³/mol. The highest BCUT2D eigenvalue weighted by molar-refractivity contribution is 4.66. The molecule has 0 unspecified atom stereocenters. The maximum atomic E-state index is 2.33. The Labute approximate surface area is 90.5 Å². The van der Waals surface area contributed by atoms with Gasteiger partial charge in [0.25, 0.3) is 0 Å². The van der Waals surface area contributed by atoms with E-state index in [2.05, 4.69) is 13.3 Å². The van der Waals surface area contributed by atoms with Gasteiger partial charge in [0.1, 0.15) is 0 Å². The van der Waals surface area contributed by atoms with E-state index in [1.807, 2.05) is 0 Å². The quantitative estimate of drug-likeness (QED) is 0.585. The number of hydrogen-bond donors (Lipinski definition) is 0. The molecule has 0 bridgehead atoms. The molecule has 0 aliphatic heterocycles. The smallest absolute Gasteiger partial charge is 0.0414 e. The van der Waals surface area contributed by atoms with Crippen LogP contribution in [0.4, 0.5) is 0 Å². The van der Waals surface area contributed by atoms with Crippen LogP contribution in [-0.4, -0.2) is 0 Å². The molecule has 0 N–H and O–H groups in total. The third kappa shape index (κ3) is 5.67. The van der Waals surface area contributed by atoms with Crippen LogP contribution >= 0.6 is 0 Å². The first-order chi connectivity index (χ1) is 6.93. The molecule has 0 saturated heterocycles. The van der Waals surface area contributed by atoms with Crippen LogP contribution in [0.3, 0.4) is 0 Å². The van der Waals surface area contributed by atoms with Gasteiger partial charge < -0.3 is 0 Å². The average Bonchev–Trinajstić information content (AvgIpc) is 2.23. The Morgan fingerprint density at radius 3 is 1.86 bits per heavy atom. The highest BCUT2D eigenvalue weighted by atomic mass is 14.1. The van der Waals surface area contributed by atoms with Crippen molar-refractivity contribution in [3.05, 3.63) is 6.42 Å². The molecule has 1 aliphatic rings. The molecule has 83 valence electrons. The van der Waals surface area contributed by atoms with Crippen molar-refractivity contribution in [2.75, 3.05) is 0 Å². The molecule has 1 saturated carbocycles. The van der Waals surface area contributed by atoms with E-state index in [0.29, 0.717) is 0 Å². The van der Waals surface area contributed by atoms with Crippen LogP contribution < -0.4 is 0 Å². The van der Waals surface area contributed by atoms with Gasteiger partial charge in [-0.1, -0.05) is 77.6 Å². The summed E-state index contributed by atoms with van der Waals surface area (Å²) in [4.78, 5) is 0. The lowest BCUT2D eigenvalue weighted by molar-refractivity contribution is 0.368. The topological polar surface area (TPSA) is 0 Å². The second-order valence-electron chi connectivity index (χ2n) is 4.90. The molecular weight excluding hydrogens is 168 g/mol. The summed E-state index contributed by atoms with van der Waals surface area (Å²) in [6, 6.07) is 0. The SMILES string of the molecule is C[CH]CCC1CCCCCCCCC1. The zero-order valence-electron chi connectivity index (χ0n) is 9.93. The van der Waals surface area contributed by atoms with E-state index < -0.39 is 0 Å². The highest BCUT2D eigenvalue weighted by Gasteiger charge is 2.09. The normalized spacial score (nSPS) is 22.1. The zero-order chi connectivity index (χ0) is 10.1. The maximum absolute atomic E-state index is 2.33. The Bertz CT molecular complexity index is 107. The van der Waals surface area contributed by atoms with Crippen LogP contribution in [0.15, 0.2) is 0 Å². The molecule has 0 nitrogen and oxygen atoms in total. The summed E-state index contributed by atoms with van der Waals surface area (Å²) in [5, 5.41) is 0. The number of unbranched alkanes of at least 4 members (excludes halogenated alkanes) is 1. The first kappa shape index (κ1) is 12.1. The fourth-order valence-electron chi connectivity index (χ4n) is 2.59. The van der Waals surface area contributed by atoms with Gasteiger partial charge in [0, 0.05) is 0 Å².